The van der Waals surface area contributed by atoms with Crippen LogP contribution < -0.4 is 11.5 Å². The third-order valence-corrected chi connectivity index (χ3v) is 2.98. The van der Waals surface area contributed by atoms with Gasteiger partial charge in [-0.05, 0) is 6.92 Å². The lowest BCUT2D eigenvalue weighted by molar-refractivity contribution is -0.0450. The Kier molecular flexibility index (Phi) is 4.40. The summed E-state index contributed by atoms with van der Waals surface area (Å²) in [7, 11) is -4.54. The van der Waals surface area contributed by atoms with E-state index in [1.807, 2.05) is 0 Å². The fraction of sp³-hybridized carbons (Fsp3) is 0.444. The molecule has 0 unspecified atom stereocenters. The third-order valence-electron chi connectivity index (χ3n) is 2.54. The zero-order valence-corrected chi connectivity index (χ0v) is 12.0. The van der Waals surface area contributed by atoms with E-state index in [9.17, 15) is 4.57 Å². The Morgan fingerprint density at radius 2 is 2.14 bits per heavy atom. The number of imidazole rings is 1. The molecule has 0 saturated carbocycles. The summed E-state index contributed by atoms with van der Waals surface area (Å²) in [4.78, 5) is 29.0. The molecule has 0 spiro atoms. The lowest BCUT2D eigenvalue weighted by atomic mass is 10.4. The van der Waals surface area contributed by atoms with E-state index in [0.717, 1.165) is 0 Å². The highest BCUT2D eigenvalue weighted by Crippen LogP contribution is 2.35. The zero-order valence-electron chi connectivity index (χ0n) is 11.1. The van der Waals surface area contributed by atoms with Crippen LogP contribution in [0, 0.1) is 0 Å². The molecular formula is C9H15N6O5P. The maximum absolute atomic E-state index is 10.5. The molecule has 2 rings (SSSR count). The van der Waals surface area contributed by atoms with Gasteiger partial charge in [-0.15, -0.1) is 0 Å². The maximum Gasteiger partial charge on any atom is 0.471 e. The summed E-state index contributed by atoms with van der Waals surface area (Å²) in [5.74, 6) is 0.204. The number of anilines is 2. The van der Waals surface area contributed by atoms with E-state index in [0.29, 0.717) is 17.7 Å². The molecule has 2 aromatic rings. The predicted octanol–water partition coefficient (Wildman–Crippen LogP) is -0.537. The minimum atomic E-state index is -4.54. The number of hydrogen-bond donors (Lipinski definition) is 4. The number of nitrogens with two attached hydrogens (primary N) is 2. The molecule has 21 heavy (non-hydrogen) atoms. The van der Waals surface area contributed by atoms with Crippen molar-refractivity contribution in [2.75, 3.05) is 18.3 Å². The van der Waals surface area contributed by atoms with Crippen molar-refractivity contribution >= 4 is 30.8 Å². The first-order chi connectivity index (χ1) is 9.76. The molecule has 2 heterocycles. The molecule has 0 fully saturated rings. The van der Waals surface area contributed by atoms with Gasteiger partial charge in [0.25, 0.3) is 0 Å². The minimum Gasteiger partial charge on any atom is -0.382 e. The number of phosphoric ester groups is 1. The molecule has 0 bridgehead atoms. The molecule has 0 amide bonds. The average Bonchev–Trinajstić information content (AvgIpc) is 2.71. The van der Waals surface area contributed by atoms with Crippen LogP contribution in [0.3, 0.4) is 0 Å². The smallest absolute Gasteiger partial charge is 0.382 e. The van der Waals surface area contributed by atoms with Gasteiger partial charge in [-0.25, -0.2) is 9.55 Å². The average molecular weight is 318 g/mol. The number of aromatic nitrogens is 4. The summed E-state index contributed by atoms with van der Waals surface area (Å²) in [6.07, 6.45) is 1.09. The highest BCUT2D eigenvalue weighted by Gasteiger charge is 2.16. The fourth-order valence-electron chi connectivity index (χ4n) is 1.66. The molecule has 2 aromatic heterocycles. The van der Waals surface area contributed by atoms with Gasteiger partial charge in [0.15, 0.2) is 18.3 Å². The number of ether oxygens (including phenoxy) is 1. The molecule has 1 atom stereocenters. The first kappa shape index (κ1) is 15.6. The Morgan fingerprint density at radius 3 is 2.81 bits per heavy atom. The second kappa shape index (κ2) is 5.92. The van der Waals surface area contributed by atoms with Gasteiger partial charge in [0, 0.05) is 0 Å². The summed E-state index contributed by atoms with van der Waals surface area (Å²) in [6, 6.07) is 0. The van der Waals surface area contributed by atoms with Crippen molar-refractivity contribution < 1.29 is 23.6 Å². The first-order valence-electron chi connectivity index (χ1n) is 5.82. The Bertz CT molecular complexity index is 685. The summed E-state index contributed by atoms with van der Waals surface area (Å²) in [6.45, 7) is 1.48. The molecule has 12 heteroatoms. The van der Waals surface area contributed by atoms with E-state index in [4.69, 9.17) is 26.0 Å². The van der Waals surface area contributed by atoms with E-state index in [1.165, 1.54) is 6.33 Å². The predicted molar refractivity (Wildman–Crippen MR) is 72.7 cm³/mol. The Hall–Kier alpha value is -1.78. The van der Waals surface area contributed by atoms with E-state index < -0.39 is 20.7 Å². The lowest BCUT2D eigenvalue weighted by Gasteiger charge is -2.14. The largest absolute Gasteiger partial charge is 0.471 e. The van der Waals surface area contributed by atoms with Crippen molar-refractivity contribution in [1.29, 1.82) is 0 Å². The van der Waals surface area contributed by atoms with Crippen LogP contribution in [0.15, 0.2) is 6.33 Å². The second-order valence-electron chi connectivity index (χ2n) is 4.25. The first-order valence-corrected chi connectivity index (χ1v) is 7.35. The van der Waals surface area contributed by atoms with Crippen LogP contribution in [0.25, 0.3) is 11.2 Å². The number of nitrogen functional groups attached to an aromatic ring is 2. The standard InChI is InChI=1S/C9H15N6O5P/c1-5(19-4-20-21(16,17)18)2-15-3-12-6-7(10)13-9(11)14-8(6)15/h3,5H,2,4H2,1H3,(H2,16,17,18)(H4,10,11,13,14)/t5-/m1/s1. The van der Waals surface area contributed by atoms with Crippen LogP contribution in [0.5, 0.6) is 0 Å². The summed E-state index contributed by atoms with van der Waals surface area (Å²) in [5.41, 5.74) is 12.1. The summed E-state index contributed by atoms with van der Waals surface area (Å²) >= 11 is 0. The Labute approximate surface area is 119 Å². The van der Waals surface area contributed by atoms with Gasteiger partial charge < -0.3 is 30.6 Å². The number of nitrogens with zero attached hydrogens (tertiary/aromatic N) is 4. The topological polar surface area (TPSA) is 172 Å². The van der Waals surface area contributed by atoms with Crippen molar-refractivity contribution in [1.82, 2.24) is 19.5 Å². The molecule has 6 N–H and O–H groups in total. The Balaban J connectivity index is 2.04. The van der Waals surface area contributed by atoms with Crippen molar-refractivity contribution in [3.8, 4) is 0 Å². The summed E-state index contributed by atoms with van der Waals surface area (Å²) in [5, 5.41) is 0. The monoisotopic (exact) mass is 318 g/mol. The SMILES string of the molecule is C[C@H](Cn1cnc2c(N)nc(N)nc21)OCOP(=O)(O)O. The van der Waals surface area contributed by atoms with E-state index in [-0.39, 0.29) is 11.8 Å². The molecule has 0 aliphatic rings. The van der Waals surface area contributed by atoms with Crippen molar-refractivity contribution in [2.45, 2.75) is 19.6 Å². The number of fused-ring (bicyclic) bond motifs is 1. The van der Waals surface area contributed by atoms with Gasteiger partial charge in [0.2, 0.25) is 5.95 Å². The third kappa shape index (κ3) is 4.09. The van der Waals surface area contributed by atoms with Crippen LogP contribution >= 0.6 is 7.82 Å². The highest BCUT2D eigenvalue weighted by molar-refractivity contribution is 7.46. The van der Waals surface area contributed by atoms with Gasteiger partial charge in [0.05, 0.1) is 19.0 Å². The van der Waals surface area contributed by atoms with Crippen molar-refractivity contribution in [3.05, 3.63) is 6.33 Å². The molecule has 0 radical (unpaired) electrons. The maximum atomic E-state index is 10.5. The molecule has 0 aliphatic heterocycles. The minimum absolute atomic E-state index is 0.0279. The lowest BCUT2D eigenvalue weighted by Crippen LogP contribution is -2.18. The van der Waals surface area contributed by atoms with Crippen LogP contribution in [-0.2, 0) is 20.4 Å². The second-order valence-corrected chi connectivity index (χ2v) is 5.49. The number of hydrogen-bond acceptors (Lipinski definition) is 8. The van der Waals surface area contributed by atoms with Crippen molar-refractivity contribution in [2.24, 2.45) is 0 Å². The molecular weight excluding hydrogens is 303 g/mol. The molecule has 0 aromatic carbocycles. The van der Waals surface area contributed by atoms with Gasteiger partial charge >= 0.3 is 7.82 Å². The highest BCUT2D eigenvalue weighted by atomic mass is 31.2. The quantitative estimate of drug-likeness (QED) is 0.400. The zero-order chi connectivity index (χ0) is 15.6. The van der Waals surface area contributed by atoms with Gasteiger partial charge in [-0.2, -0.15) is 9.97 Å². The van der Waals surface area contributed by atoms with Crippen LogP contribution in [0.2, 0.25) is 0 Å². The van der Waals surface area contributed by atoms with Gasteiger partial charge in [-0.3, -0.25) is 4.52 Å². The summed E-state index contributed by atoms with van der Waals surface area (Å²) < 4.78 is 21.5. The van der Waals surface area contributed by atoms with Crippen LogP contribution in [0.1, 0.15) is 6.92 Å². The molecule has 11 nitrogen and oxygen atoms in total. The molecule has 116 valence electrons. The number of rotatable bonds is 6. The fourth-order valence-corrected chi connectivity index (χ4v) is 1.86. The van der Waals surface area contributed by atoms with Crippen LogP contribution in [-0.4, -0.2) is 42.2 Å². The molecule has 0 saturated heterocycles. The Morgan fingerprint density at radius 1 is 1.43 bits per heavy atom. The number of phosphoric acid groups is 1. The van der Waals surface area contributed by atoms with E-state index >= 15 is 0 Å². The normalized spacial score (nSPS) is 13.7. The van der Waals surface area contributed by atoms with E-state index in [2.05, 4.69) is 19.5 Å². The van der Waals surface area contributed by atoms with Crippen molar-refractivity contribution in [3.63, 3.8) is 0 Å². The van der Waals surface area contributed by atoms with Gasteiger partial charge in [-0.1, -0.05) is 0 Å². The van der Waals surface area contributed by atoms with Gasteiger partial charge in [0.1, 0.15) is 5.52 Å². The molecule has 0 aliphatic carbocycles. The van der Waals surface area contributed by atoms with E-state index in [1.54, 1.807) is 11.5 Å². The van der Waals surface area contributed by atoms with Crippen LogP contribution in [0.4, 0.5) is 11.8 Å².